The van der Waals surface area contributed by atoms with E-state index in [0.717, 1.165) is 17.9 Å². The van der Waals surface area contributed by atoms with E-state index < -0.39 is 0 Å². The van der Waals surface area contributed by atoms with Crippen molar-refractivity contribution >= 4 is 11.6 Å². The highest BCUT2D eigenvalue weighted by Gasteiger charge is 2.09. The van der Waals surface area contributed by atoms with Gasteiger partial charge in [-0.3, -0.25) is 0 Å². The lowest BCUT2D eigenvalue weighted by Gasteiger charge is -2.14. The minimum Gasteiger partial charge on any atom is -0.0840 e. The molecule has 1 rings (SSSR count). The van der Waals surface area contributed by atoms with Crippen LogP contribution >= 0.6 is 11.6 Å². The van der Waals surface area contributed by atoms with Gasteiger partial charge < -0.3 is 0 Å². The number of hydrogen-bond donors (Lipinski definition) is 0. The Hall–Kier alpha value is -0.490. The molecule has 0 aliphatic carbocycles. The van der Waals surface area contributed by atoms with Gasteiger partial charge in [-0.15, -0.1) is 0 Å². The third kappa shape index (κ3) is 2.51. The molecule has 1 aromatic rings. The lowest BCUT2D eigenvalue weighted by Crippen LogP contribution is -2.02. The summed E-state index contributed by atoms with van der Waals surface area (Å²) in [7, 11) is 0. The summed E-state index contributed by atoms with van der Waals surface area (Å²) in [6, 6.07) is 4.17. The van der Waals surface area contributed by atoms with Crippen LogP contribution in [0.15, 0.2) is 12.1 Å². The van der Waals surface area contributed by atoms with Crippen LogP contribution in [-0.4, -0.2) is 0 Å². The highest BCUT2D eigenvalue weighted by molar-refractivity contribution is 6.31. The number of rotatable bonds is 3. The molecule has 0 unspecified atom stereocenters. The topological polar surface area (TPSA) is 0 Å². The molecule has 0 saturated carbocycles. The molecule has 0 aliphatic heterocycles. The van der Waals surface area contributed by atoms with Crippen LogP contribution < -0.4 is 0 Å². The van der Waals surface area contributed by atoms with Crippen molar-refractivity contribution in [2.45, 2.75) is 40.5 Å². The quantitative estimate of drug-likeness (QED) is 0.694. The minimum absolute atomic E-state index is 0.692. The minimum atomic E-state index is 0.692. The summed E-state index contributed by atoms with van der Waals surface area (Å²) in [6.07, 6.45) is 2.23. The Labute approximate surface area is 92.3 Å². The first-order valence-corrected chi connectivity index (χ1v) is 5.70. The fourth-order valence-electron chi connectivity index (χ4n) is 1.81. The molecule has 0 radical (unpaired) electrons. The van der Waals surface area contributed by atoms with Gasteiger partial charge in [0, 0.05) is 5.02 Å². The van der Waals surface area contributed by atoms with E-state index in [4.69, 9.17) is 11.6 Å². The first-order chi connectivity index (χ1) is 6.56. The Morgan fingerprint density at radius 2 is 1.93 bits per heavy atom. The van der Waals surface area contributed by atoms with E-state index in [1.54, 1.807) is 0 Å². The van der Waals surface area contributed by atoms with Gasteiger partial charge in [0.15, 0.2) is 0 Å². The predicted molar refractivity (Wildman–Crippen MR) is 64.1 cm³/mol. The van der Waals surface area contributed by atoms with Gasteiger partial charge in [-0.25, -0.2) is 0 Å². The molecular formula is C13H19Cl. The van der Waals surface area contributed by atoms with Crippen LogP contribution in [0.2, 0.25) is 5.02 Å². The fourth-order valence-corrected chi connectivity index (χ4v) is 1.99. The van der Waals surface area contributed by atoms with Crippen LogP contribution in [-0.2, 0) is 12.8 Å². The molecule has 0 heterocycles. The summed E-state index contributed by atoms with van der Waals surface area (Å²) in [4.78, 5) is 0. The zero-order chi connectivity index (χ0) is 10.7. The highest BCUT2D eigenvalue weighted by Crippen LogP contribution is 2.25. The average molecular weight is 211 g/mol. The largest absolute Gasteiger partial charge is 0.0840 e. The van der Waals surface area contributed by atoms with Crippen molar-refractivity contribution in [3.05, 3.63) is 33.8 Å². The molecule has 14 heavy (non-hydrogen) atoms. The Morgan fingerprint density at radius 1 is 1.29 bits per heavy atom. The average Bonchev–Trinajstić information content (AvgIpc) is 2.13. The van der Waals surface area contributed by atoms with Gasteiger partial charge in [0.25, 0.3) is 0 Å². The molecule has 0 bridgehead atoms. The molecule has 0 nitrogen and oxygen atoms in total. The first-order valence-electron chi connectivity index (χ1n) is 5.33. The maximum Gasteiger partial charge on any atom is 0.0438 e. The highest BCUT2D eigenvalue weighted by atomic mass is 35.5. The second-order valence-corrected chi connectivity index (χ2v) is 4.67. The monoisotopic (exact) mass is 210 g/mol. The number of halogens is 1. The van der Waals surface area contributed by atoms with Crippen molar-refractivity contribution in [1.29, 1.82) is 0 Å². The Morgan fingerprint density at radius 3 is 2.43 bits per heavy atom. The molecule has 0 fully saturated rings. The van der Waals surface area contributed by atoms with Crippen LogP contribution in [0.3, 0.4) is 0 Å². The summed E-state index contributed by atoms with van der Waals surface area (Å²) >= 11 is 6.13. The van der Waals surface area contributed by atoms with Crippen LogP contribution in [0.5, 0.6) is 0 Å². The third-order valence-corrected chi connectivity index (χ3v) is 3.03. The maximum atomic E-state index is 6.13. The normalized spacial score (nSPS) is 11.0. The Balaban J connectivity index is 3.14. The van der Waals surface area contributed by atoms with Gasteiger partial charge >= 0.3 is 0 Å². The summed E-state index contributed by atoms with van der Waals surface area (Å²) in [5, 5.41) is 0.901. The van der Waals surface area contributed by atoms with Gasteiger partial charge in [-0.1, -0.05) is 38.4 Å². The van der Waals surface area contributed by atoms with Crippen molar-refractivity contribution < 1.29 is 0 Å². The fraction of sp³-hybridized carbons (Fsp3) is 0.538. The van der Waals surface area contributed by atoms with E-state index in [1.807, 2.05) is 6.07 Å². The van der Waals surface area contributed by atoms with Crippen LogP contribution in [0.1, 0.15) is 37.5 Å². The second kappa shape index (κ2) is 4.84. The predicted octanol–water partition coefficient (Wildman–Crippen LogP) is 4.41. The number of hydrogen-bond acceptors (Lipinski definition) is 0. The van der Waals surface area contributed by atoms with Crippen LogP contribution in [0.25, 0.3) is 0 Å². The van der Waals surface area contributed by atoms with Gasteiger partial charge in [-0.05, 0) is 48.4 Å². The molecule has 0 atom stereocenters. The van der Waals surface area contributed by atoms with E-state index >= 15 is 0 Å². The van der Waals surface area contributed by atoms with Gasteiger partial charge in [0.05, 0.1) is 0 Å². The maximum absolute atomic E-state index is 6.13. The third-order valence-electron chi connectivity index (χ3n) is 2.62. The molecular weight excluding hydrogens is 192 g/mol. The van der Waals surface area contributed by atoms with Gasteiger partial charge in [0.1, 0.15) is 0 Å². The molecule has 0 saturated heterocycles. The lowest BCUT2D eigenvalue weighted by molar-refractivity contribution is 0.640. The van der Waals surface area contributed by atoms with Gasteiger partial charge in [0.2, 0.25) is 0 Å². The van der Waals surface area contributed by atoms with E-state index in [-0.39, 0.29) is 0 Å². The van der Waals surface area contributed by atoms with E-state index in [1.165, 1.54) is 16.7 Å². The standard InChI is InChI=1S/C13H19Cl/c1-5-11-6-7-13(14)10(4)12(11)8-9(2)3/h6-7,9H,5,8H2,1-4H3. The van der Waals surface area contributed by atoms with Crippen LogP contribution in [0, 0.1) is 12.8 Å². The molecule has 1 heteroatoms. The smallest absolute Gasteiger partial charge is 0.0438 e. The molecule has 78 valence electrons. The number of benzene rings is 1. The van der Waals surface area contributed by atoms with E-state index in [0.29, 0.717) is 5.92 Å². The summed E-state index contributed by atoms with van der Waals surface area (Å²) < 4.78 is 0. The molecule has 0 aliphatic rings. The van der Waals surface area contributed by atoms with Crippen molar-refractivity contribution in [2.24, 2.45) is 5.92 Å². The second-order valence-electron chi connectivity index (χ2n) is 4.26. The van der Waals surface area contributed by atoms with Crippen molar-refractivity contribution in [3.8, 4) is 0 Å². The van der Waals surface area contributed by atoms with E-state index in [9.17, 15) is 0 Å². The lowest BCUT2D eigenvalue weighted by atomic mass is 9.93. The molecule has 0 aromatic heterocycles. The molecule has 1 aromatic carbocycles. The summed E-state index contributed by atoms with van der Waals surface area (Å²) in [6.45, 7) is 8.82. The zero-order valence-corrected chi connectivity index (χ0v) is 10.3. The molecule has 0 amide bonds. The summed E-state index contributed by atoms with van der Waals surface area (Å²) in [5.41, 5.74) is 4.16. The van der Waals surface area contributed by atoms with Crippen LogP contribution in [0.4, 0.5) is 0 Å². The van der Waals surface area contributed by atoms with Crippen molar-refractivity contribution in [3.63, 3.8) is 0 Å². The SMILES string of the molecule is CCc1ccc(Cl)c(C)c1CC(C)C. The van der Waals surface area contributed by atoms with Crippen molar-refractivity contribution in [1.82, 2.24) is 0 Å². The molecule has 0 N–H and O–H groups in total. The number of aryl methyl sites for hydroxylation is 1. The zero-order valence-electron chi connectivity index (χ0n) is 9.52. The Bertz CT molecular complexity index is 313. The molecule has 0 spiro atoms. The van der Waals surface area contributed by atoms with Crippen molar-refractivity contribution in [2.75, 3.05) is 0 Å². The van der Waals surface area contributed by atoms with E-state index in [2.05, 4.69) is 33.8 Å². The Kier molecular flexibility index (Phi) is 4.00. The first kappa shape index (κ1) is 11.6. The van der Waals surface area contributed by atoms with Gasteiger partial charge in [-0.2, -0.15) is 0 Å². The summed E-state index contributed by atoms with van der Waals surface area (Å²) in [5.74, 6) is 0.692.